The highest BCUT2D eigenvalue weighted by molar-refractivity contribution is 7.94. The summed E-state index contributed by atoms with van der Waals surface area (Å²) in [6, 6.07) is 22.2. The van der Waals surface area contributed by atoms with Gasteiger partial charge in [-0.25, -0.2) is 18.0 Å². The normalized spacial score (nSPS) is 12.6. The maximum absolute atomic E-state index is 13.2. The molecule has 1 atom stereocenters. The van der Waals surface area contributed by atoms with Gasteiger partial charge in [-0.05, 0) is 67.4 Å². The molecule has 39 heavy (non-hydrogen) atoms. The molecule has 3 aromatic carbocycles. The molecule has 0 amide bonds. The molecule has 0 bridgehead atoms. The minimum atomic E-state index is -4.01. The molecule has 1 heterocycles. The van der Waals surface area contributed by atoms with Crippen LogP contribution in [0.3, 0.4) is 0 Å². The van der Waals surface area contributed by atoms with E-state index in [1.807, 2.05) is 30.3 Å². The van der Waals surface area contributed by atoms with Crippen LogP contribution in [0.15, 0.2) is 94.7 Å². The first-order chi connectivity index (χ1) is 18.6. The number of para-hydroxylation sites is 1. The number of fused-ring (bicyclic) bond motifs is 1. The second kappa shape index (κ2) is 11.2. The van der Waals surface area contributed by atoms with Crippen LogP contribution in [0.2, 0.25) is 0 Å². The van der Waals surface area contributed by atoms with Crippen molar-refractivity contribution >= 4 is 38.4 Å². The molecule has 0 spiro atoms. The average Bonchev–Trinajstić information content (AvgIpc) is 2.89. The standard InChI is InChI=1S/C28H27N7O3S/c1-18(2)25(39(37,38)34-21-11-8-20(17-29)9-12-21)26(30)32-15-14-19-10-13-24-23(16-19)27(36)35(28(31)33-24)22-6-4-3-5-7-22/h3-13,16,25,34H,1,14-15H2,2H3,(H2,30,32)(H2,31,33). The van der Waals surface area contributed by atoms with Crippen LogP contribution < -0.4 is 21.7 Å². The van der Waals surface area contributed by atoms with Gasteiger partial charge in [0.1, 0.15) is 5.84 Å². The highest BCUT2D eigenvalue weighted by Crippen LogP contribution is 2.19. The maximum atomic E-state index is 13.2. The van der Waals surface area contributed by atoms with Gasteiger partial charge < -0.3 is 11.5 Å². The number of nitrogen functional groups attached to an aromatic ring is 1. The van der Waals surface area contributed by atoms with Crippen molar-refractivity contribution in [1.29, 1.82) is 5.26 Å². The summed E-state index contributed by atoms with van der Waals surface area (Å²) in [5.74, 6) is -0.0178. The van der Waals surface area contributed by atoms with E-state index in [1.54, 1.807) is 31.2 Å². The quantitative estimate of drug-likeness (QED) is 0.166. The van der Waals surface area contributed by atoms with E-state index in [2.05, 4.69) is 21.3 Å². The molecule has 0 fully saturated rings. The highest BCUT2D eigenvalue weighted by Gasteiger charge is 2.30. The largest absolute Gasteiger partial charge is 0.386 e. The third-order valence-electron chi connectivity index (χ3n) is 5.97. The van der Waals surface area contributed by atoms with Gasteiger partial charge in [-0.1, -0.05) is 36.4 Å². The van der Waals surface area contributed by atoms with E-state index >= 15 is 0 Å². The monoisotopic (exact) mass is 541 g/mol. The predicted octanol–water partition coefficient (Wildman–Crippen LogP) is 3.13. The minimum absolute atomic E-state index is 0.0884. The molecule has 10 nitrogen and oxygen atoms in total. The number of sulfonamides is 1. The van der Waals surface area contributed by atoms with Gasteiger partial charge in [0, 0.05) is 12.2 Å². The van der Waals surface area contributed by atoms with Crippen LogP contribution in [-0.2, 0) is 16.4 Å². The van der Waals surface area contributed by atoms with Gasteiger partial charge in [0.15, 0.2) is 5.25 Å². The topological polar surface area (TPSA) is 169 Å². The first kappa shape index (κ1) is 27.1. The SMILES string of the molecule is C=C(C)C(C(N)=NCCc1ccc2nc(N)n(-c3ccccc3)c(=O)c2c1)S(=O)(=O)Nc1ccc(C#N)cc1. The molecule has 0 aliphatic carbocycles. The average molecular weight is 542 g/mol. The number of anilines is 2. The maximum Gasteiger partial charge on any atom is 0.267 e. The van der Waals surface area contributed by atoms with Crippen LogP contribution in [0.25, 0.3) is 16.6 Å². The summed E-state index contributed by atoms with van der Waals surface area (Å²) in [7, 11) is -4.01. The summed E-state index contributed by atoms with van der Waals surface area (Å²) >= 11 is 0. The predicted molar refractivity (Wildman–Crippen MR) is 154 cm³/mol. The van der Waals surface area contributed by atoms with Crippen LogP contribution in [0.4, 0.5) is 11.6 Å². The lowest BCUT2D eigenvalue weighted by Crippen LogP contribution is -2.40. The lowest BCUT2D eigenvalue weighted by Gasteiger charge is -2.19. The van der Waals surface area contributed by atoms with Gasteiger partial charge in [-0.2, -0.15) is 5.26 Å². The second-order valence-corrected chi connectivity index (χ2v) is 10.7. The van der Waals surface area contributed by atoms with E-state index in [1.165, 1.54) is 28.8 Å². The Morgan fingerprint density at radius 3 is 2.49 bits per heavy atom. The van der Waals surface area contributed by atoms with Crippen molar-refractivity contribution in [3.63, 3.8) is 0 Å². The van der Waals surface area contributed by atoms with Crippen molar-refractivity contribution in [2.75, 3.05) is 17.0 Å². The molecular formula is C28H27N7O3S. The molecule has 4 rings (SSSR count). The second-order valence-electron chi connectivity index (χ2n) is 8.92. The lowest BCUT2D eigenvalue weighted by atomic mass is 10.1. The number of nitrogens with zero attached hydrogens (tertiary/aromatic N) is 4. The number of hydrogen-bond acceptors (Lipinski definition) is 7. The molecule has 0 aliphatic heterocycles. The van der Waals surface area contributed by atoms with E-state index < -0.39 is 15.3 Å². The summed E-state index contributed by atoms with van der Waals surface area (Å²) in [5.41, 5.74) is 14.8. The van der Waals surface area contributed by atoms with Crippen LogP contribution in [0.5, 0.6) is 0 Å². The number of nitrogens with two attached hydrogens (primary N) is 2. The molecule has 4 aromatic rings. The fraction of sp³-hybridized carbons (Fsp3) is 0.143. The molecule has 0 saturated heterocycles. The van der Waals surface area contributed by atoms with Crippen LogP contribution >= 0.6 is 0 Å². The van der Waals surface area contributed by atoms with Crippen LogP contribution in [0, 0.1) is 11.3 Å². The molecule has 0 radical (unpaired) electrons. The smallest absolute Gasteiger partial charge is 0.267 e. The summed E-state index contributed by atoms with van der Waals surface area (Å²) in [6.45, 7) is 5.53. The van der Waals surface area contributed by atoms with Crippen molar-refractivity contribution < 1.29 is 8.42 Å². The summed E-state index contributed by atoms with van der Waals surface area (Å²) in [6.07, 6.45) is 0.401. The Morgan fingerprint density at radius 1 is 1.15 bits per heavy atom. The Balaban J connectivity index is 1.55. The summed E-state index contributed by atoms with van der Waals surface area (Å²) in [5, 5.41) is 8.08. The number of nitrogens with one attached hydrogen (secondary N) is 1. The fourth-order valence-corrected chi connectivity index (χ4v) is 5.65. The Labute approximate surface area is 226 Å². The molecular weight excluding hydrogens is 514 g/mol. The number of rotatable bonds is 9. The van der Waals surface area contributed by atoms with E-state index in [4.69, 9.17) is 16.7 Å². The number of hydrogen-bond donors (Lipinski definition) is 3. The molecule has 5 N–H and O–H groups in total. The Hall–Kier alpha value is -4.95. The zero-order valence-electron chi connectivity index (χ0n) is 21.2. The number of aliphatic imine (C=N–C) groups is 1. The van der Waals surface area contributed by atoms with Crippen LogP contribution in [0.1, 0.15) is 18.1 Å². The number of nitriles is 1. The molecule has 1 unspecified atom stereocenters. The third kappa shape index (κ3) is 5.97. The lowest BCUT2D eigenvalue weighted by molar-refractivity contribution is 0.599. The summed E-state index contributed by atoms with van der Waals surface area (Å²) in [4.78, 5) is 21.9. The van der Waals surface area contributed by atoms with Gasteiger partial charge in [0.05, 0.1) is 28.2 Å². The first-order valence-electron chi connectivity index (χ1n) is 11.9. The fourth-order valence-electron chi connectivity index (χ4n) is 4.14. The van der Waals surface area contributed by atoms with Gasteiger partial charge in [-0.3, -0.25) is 14.5 Å². The minimum Gasteiger partial charge on any atom is -0.386 e. The summed E-state index contributed by atoms with van der Waals surface area (Å²) < 4.78 is 30.0. The zero-order chi connectivity index (χ0) is 28.2. The van der Waals surface area contributed by atoms with Crippen molar-refractivity contribution in [2.45, 2.75) is 18.6 Å². The van der Waals surface area contributed by atoms with E-state index in [0.29, 0.717) is 39.8 Å². The highest BCUT2D eigenvalue weighted by atomic mass is 32.2. The molecule has 0 aliphatic rings. The molecule has 1 aromatic heterocycles. The van der Waals surface area contributed by atoms with E-state index in [-0.39, 0.29) is 23.9 Å². The molecule has 198 valence electrons. The van der Waals surface area contributed by atoms with Gasteiger partial charge >= 0.3 is 0 Å². The van der Waals surface area contributed by atoms with Crippen molar-refractivity contribution in [2.24, 2.45) is 10.7 Å². The number of amidine groups is 1. The van der Waals surface area contributed by atoms with Crippen molar-refractivity contribution in [3.8, 4) is 11.8 Å². The van der Waals surface area contributed by atoms with Crippen molar-refractivity contribution in [1.82, 2.24) is 9.55 Å². The van der Waals surface area contributed by atoms with E-state index in [9.17, 15) is 13.2 Å². The molecule has 0 saturated carbocycles. The third-order valence-corrected chi connectivity index (χ3v) is 7.75. The number of aromatic nitrogens is 2. The number of benzene rings is 3. The zero-order valence-corrected chi connectivity index (χ0v) is 22.0. The first-order valence-corrected chi connectivity index (χ1v) is 13.5. The Kier molecular flexibility index (Phi) is 7.78. The van der Waals surface area contributed by atoms with Gasteiger partial charge in [0.25, 0.3) is 5.56 Å². The van der Waals surface area contributed by atoms with E-state index in [0.717, 1.165) is 5.56 Å². The Bertz CT molecular complexity index is 1770. The van der Waals surface area contributed by atoms with Gasteiger partial charge in [-0.15, -0.1) is 0 Å². The van der Waals surface area contributed by atoms with Crippen molar-refractivity contribution in [3.05, 3.63) is 106 Å². The Morgan fingerprint density at radius 2 is 1.85 bits per heavy atom. The van der Waals surface area contributed by atoms with Crippen LogP contribution in [-0.4, -0.2) is 35.6 Å². The molecule has 11 heteroatoms. The van der Waals surface area contributed by atoms with Gasteiger partial charge in [0.2, 0.25) is 16.0 Å².